The first kappa shape index (κ1) is 18.9. The summed E-state index contributed by atoms with van der Waals surface area (Å²) in [6, 6.07) is 18.8. The third-order valence-corrected chi connectivity index (χ3v) is 5.44. The lowest BCUT2D eigenvalue weighted by atomic mass is 10.1. The summed E-state index contributed by atoms with van der Waals surface area (Å²) in [6.07, 6.45) is 1.05. The number of hydrogen-bond acceptors (Lipinski definition) is 1. The van der Waals surface area contributed by atoms with E-state index in [1.165, 1.54) is 10.5 Å². The molecule has 2 aromatic rings. The summed E-state index contributed by atoms with van der Waals surface area (Å²) in [5, 5.41) is 5.99. The Balaban J connectivity index is 1.41. The van der Waals surface area contributed by atoms with Crippen LogP contribution in [0.5, 0.6) is 0 Å². The number of rotatable bonds is 7. The van der Waals surface area contributed by atoms with Gasteiger partial charge in [-0.1, -0.05) is 60.1 Å². The second-order valence-corrected chi connectivity index (χ2v) is 7.58. The van der Waals surface area contributed by atoms with Crippen molar-refractivity contribution in [1.29, 1.82) is 0 Å². The molecule has 4 nitrogen and oxygen atoms in total. The van der Waals surface area contributed by atoms with Gasteiger partial charge in [-0.3, -0.25) is 4.79 Å². The predicted octanol–water partition coefficient (Wildman–Crippen LogP) is 0.938. The van der Waals surface area contributed by atoms with Crippen molar-refractivity contribution in [3.05, 3.63) is 70.7 Å². The van der Waals surface area contributed by atoms with Gasteiger partial charge in [-0.25, -0.2) is 0 Å². The van der Waals surface area contributed by atoms with Crippen molar-refractivity contribution in [2.24, 2.45) is 0 Å². The highest BCUT2D eigenvalue weighted by molar-refractivity contribution is 6.31. The molecular formula is C21H28ClN3O+2. The minimum atomic E-state index is 0.106. The zero-order valence-electron chi connectivity index (χ0n) is 15.2. The number of carbonyl (C=O) groups excluding carboxylic acids is 1. The van der Waals surface area contributed by atoms with Gasteiger partial charge in [0.1, 0.15) is 12.6 Å². The summed E-state index contributed by atoms with van der Waals surface area (Å²) < 4.78 is 0. The molecule has 2 aromatic carbocycles. The van der Waals surface area contributed by atoms with Crippen LogP contribution in [0.2, 0.25) is 5.02 Å². The van der Waals surface area contributed by atoms with E-state index < -0.39 is 0 Å². The molecule has 0 radical (unpaired) electrons. The lowest BCUT2D eigenvalue weighted by Gasteiger charge is -2.15. The molecule has 26 heavy (non-hydrogen) atoms. The van der Waals surface area contributed by atoms with Crippen LogP contribution in [0, 0.1) is 0 Å². The third-order valence-electron chi connectivity index (χ3n) is 5.10. The zero-order chi connectivity index (χ0) is 18.4. The Kier molecular flexibility index (Phi) is 6.67. The normalized spacial score (nSPS) is 20.7. The summed E-state index contributed by atoms with van der Waals surface area (Å²) in [4.78, 5) is 13.8. The van der Waals surface area contributed by atoms with E-state index in [0.29, 0.717) is 6.54 Å². The first-order valence-corrected chi connectivity index (χ1v) is 9.74. The van der Waals surface area contributed by atoms with Gasteiger partial charge >= 0.3 is 0 Å². The molecule has 0 bridgehead atoms. The summed E-state index contributed by atoms with van der Waals surface area (Å²) >= 11 is 6.23. The summed E-state index contributed by atoms with van der Waals surface area (Å²) in [5.74, 6) is 0.106. The second-order valence-electron chi connectivity index (χ2n) is 7.17. The van der Waals surface area contributed by atoms with Gasteiger partial charge in [0, 0.05) is 22.6 Å². The van der Waals surface area contributed by atoms with Crippen LogP contribution in [-0.2, 0) is 11.3 Å². The van der Waals surface area contributed by atoms with Crippen LogP contribution in [0.25, 0.3) is 0 Å². The van der Waals surface area contributed by atoms with Crippen LogP contribution in [0.15, 0.2) is 54.6 Å². The highest BCUT2D eigenvalue weighted by Crippen LogP contribution is 2.19. The number of amides is 1. The Bertz CT molecular complexity index is 722. The number of halogens is 1. The van der Waals surface area contributed by atoms with Gasteiger partial charge in [-0.2, -0.15) is 0 Å². The third kappa shape index (κ3) is 5.31. The van der Waals surface area contributed by atoms with Crippen LogP contribution in [0.3, 0.4) is 0 Å². The van der Waals surface area contributed by atoms with Gasteiger partial charge in [0.15, 0.2) is 6.54 Å². The monoisotopic (exact) mass is 373 g/mol. The van der Waals surface area contributed by atoms with E-state index in [-0.39, 0.29) is 18.0 Å². The van der Waals surface area contributed by atoms with Crippen molar-refractivity contribution in [2.45, 2.75) is 32.0 Å². The highest BCUT2D eigenvalue weighted by Gasteiger charge is 2.27. The van der Waals surface area contributed by atoms with Crippen molar-refractivity contribution in [3.63, 3.8) is 0 Å². The molecule has 1 aliphatic heterocycles. The molecule has 0 saturated carbocycles. The van der Waals surface area contributed by atoms with Crippen LogP contribution in [0.4, 0.5) is 0 Å². The Morgan fingerprint density at radius 3 is 2.73 bits per heavy atom. The van der Waals surface area contributed by atoms with Crippen molar-refractivity contribution in [1.82, 2.24) is 5.32 Å². The van der Waals surface area contributed by atoms with Gasteiger partial charge in [0.25, 0.3) is 5.91 Å². The molecule has 138 valence electrons. The Morgan fingerprint density at radius 1 is 1.23 bits per heavy atom. The Labute approximate surface area is 160 Å². The zero-order valence-corrected chi connectivity index (χ0v) is 16.0. The molecule has 1 amide bonds. The van der Waals surface area contributed by atoms with Crippen molar-refractivity contribution >= 4 is 17.5 Å². The molecule has 3 rings (SSSR count). The molecule has 1 aliphatic rings. The molecule has 1 heterocycles. The number of likely N-dealkylation sites (tertiary alicyclic amines) is 1. The molecule has 0 spiro atoms. The minimum absolute atomic E-state index is 0.106. The molecule has 0 aliphatic carbocycles. The number of nitrogens with one attached hydrogen (secondary N) is 2. The van der Waals surface area contributed by atoms with Crippen molar-refractivity contribution in [3.8, 4) is 0 Å². The predicted molar refractivity (Wildman–Crippen MR) is 104 cm³/mol. The van der Waals surface area contributed by atoms with Gasteiger partial charge in [0.2, 0.25) is 0 Å². The van der Waals surface area contributed by atoms with E-state index in [1.807, 2.05) is 35.6 Å². The number of nitrogens with two attached hydrogens (primary N) is 1. The van der Waals surface area contributed by atoms with E-state index in [4.69, 9.17) is 11.6 Å². The molecule has 5 heteroatoms. The molecule has 1 unspecified atom stereocenters. The van der Waals surface area contributed by atoms with Crippen LogP contribution >= 0.6 is 11.6 Å². The fraction of sp³-hybridized carbons (Fsp3) is 0.381. The molecular weight excluding hydrogens is 346 g/mol. The number of hydrogen-bond donors (Lipinski definition) is 3. The quantitative estimate of drug-likeness (QED) is 0.664. The fourth-order valence-electron chi connectivity index (χ4n) is 3.64. The van der Waals surface area contributed by atoms with Gasteiger partial charge in [0.05, 0.1) is 19.1 Å². The lowest BCUT2D eigenvalue weighted by molar-refractivity contribution is -0.901. The SMILES string of the molecule is C[C@@H]([NH2+]CC(=O)N[C@@H]1CC[NH+](Cc2ccccc2)C1)c1ccccc1Cl. The first-order chi connectivity index (χ1) is 12.6. The summed E-state index contributed by atoms with van der Waals surface area (Å²) in [6.45, 7) is 5.65. The maximum atomic E-state index is 12.3. The van der Waals surface area contributed by atoms with Gasteiger partial charge in [-0.15, -0.1) is 0 Å². The summed E-state index contributed by atoms with van der Waals surface area (Å²) in [7, 11) is 0. The largest absolute Gasteiger partial charge is 0.343 e. The van der Waals surface area contributed by atoms with E-state index >= 15 is 0 Å². The fourth-order valence-corrected chi connectivity index (χ4v) is 3.95. The molecule has 0 aromatic heterocycles. The summed E-state index contributed by atoms with van der Waals surface area (Å²) in [5.41, 5.74) is 2.43. The van der Waals surface area contributed by atoms with Crippen LogP contribution in [-0.4, -0.2) is 31.6 Å². The molecule has 1 saturated heterocycles. The average molecular weight is 374 g/mol. The first-order valence-electron chi connectivity index (χ1n) is 9.36. The van der Waals surface area contributed by atoms with E-state index in [0.717, 1.165) is 36.6 Å². The molecule has 1 fully saturated rings. The van der Waals surface area contributed by atoms with Crippen LogP contribution in [0.1, 0.15) is 30.5 Å². The van der Waals surface area contributed by atoms with Crippen LogP contribution < -0.4 is 15.5 Å². The Hall–Kier alpha value is -1.88. The van der Waals surface area contributed by atoms with E-state index in [1.54, 1.807) is 0 Å². The second kappa shape index (κ2) is 9.17. The topological polar surface area (TPSA) is 50.1 Å². The van der Waals surface area contributed by atoms with E-state index in [2.05, 4.69) is 36.5 Å². The molecule has 3 atom stereocenters. The maximum absolute atomic E-state index is 12.3. The van der Waals surface area contributed by atoms with E-state index in [9.17, 15) is 4.79 Å². The number of quaternary nitrogens is 2. The Morgan fingerprint density at radius 2 is 1.96 bits per heavy atom. The minimum Gasteiger partial charge on any atom is -0.343 e. The lowest BCUT2D eigenvalue weighted by Crippen LogP contribution is -3.09. The van der Waals surface area contributed by atoms with Gasteiger partial charge in [-0.05, 0) is 13.0 Å². The average Bonchev–Trinajstić information content (AvgIpc) is 3.07. The van der Waals surface area contributed by atoms with Crippen molar-refractivity contribution < 1.29 is 15.0 Å². The standard InChI is InChI=1S/C21H26ClN3O/c1-16(19-9-5-6-10-20(19)22)23-13-21(26)24-18-11-12-25(15-18)14-17-7-3-2-4-8-17/h2-10,16,18,23H,11-15H2,1H3,(H,24,26)/p+2/t16-,18-/m1/s1. The highest BCUT2D eigenvalue weighted by atomic mass is 35.5. The smallest absolute Gasteiger partial charge is 0.275 e. The maximum Gasteiger partial charge on any atom is 0.275 e. The number of carbonyl (C=O) groups is 1. The molecule has 4 N–H and O–H groups in total. The van der Waals surface area contributed by atoms with Crippen molar-refractivity contribution in [2.75, 3.05) is 19.6 Å². The van der Waals surface area contributed by atoms with Gasteiger partial charge < -0.3 is 15.5 Å². The number of benzene rings is 2.